The summed E-state index contributed by atoms with van der Waals surface area (Å²) in [6.45, 7) is 8.32. The zero-order valence-electron chi connectivity index (χ0n) is 13.3. The second-order valence-corrected chi connectivity index (χ2v) is 7.26. The summed E-state index contributed by atoms with van der Waals surface area (Å²) in [6.07, 6.45) is 2.89. The first kappa shape index (κ1) is 14.7. The Bertz CT molecular complexity index is 723. The zero-order chi connectivity index (χ0) is 15.1. The van der Waals surface area contributed by atoms with E-state index in [4.69, 9.17) is 4.98 Å². The van der Waals surface area contributed by atoms with E-state index in [1.165, 1.54) is 4.88 Å². The number of likely N-dealkylation sites (tertiary alicyclic amines) is 1. The summed E-state index contributed by atoms with van der Waals surface area (Å²) in [5, 5.41) is 0.841. The third-order valence-corrected chi connectivity index (χ3v) is 5.78. The summed E-state index contributed by atoms with van der Waals surface area (Å²) in [4.78, 5) is 22.3. The highest BCUT2D eigenvalue weighted by molar-refractivity contribution is 7.18. The molecule has 5 heteroatoms. The Morgan fingerprint density at radius 2 is 1.95 bits per heavy atom. The van der Waals surface area contributed by atoms with Crippen LogP contribution >= 0.6 is 11.3 Å². The van der Waals surface area contributed by atoms with E-state index in [9.17, 15) is 4.79 Å². The van der Waals surface area contributed by atoms with E-state index < -0.39 is 0 Å². The minimum atomic E-state index is 0.174. The van der Waals surface area contributed by atoms with Crippen molar-refractivity contribution >= 4 is 21.6 Å². The van der Waals surface area contributed by atoms with Gasteiger partial charge in [0.15, 0.2) is 0 Å². The number of fused-ring (bicyclic) bond motifs is 1. The molecule has 0 radical (unpaired) electrons. The van der Waals surface area contributed by atoms with Crippen LogP contribution in [0.1, 0.15) is 42.1 Å². The molecule has 1 saturated heterocycles. The van der Waals surface area contributed by atoms with Gasteiger partial charge in [-0.05, 0) is 52.4 Å². The van der Waals surface area contributed by atoms with Crippen molar-refractivity contribution in [1.82, 2.24) is 14.5 Å². The molecule has 0 atom stereocenters. The molecule has 0 aromatic carbocycles. The molecule has 1 aliphatic rings. The standard InChI is InChI=1S/C16H23N3OS/c1-5-13-17-15-14(10(2)11(3)21-15)16(20)19(13)12-6-8-18(4)9-7-12/h12H,5-9H2,1-4H3. The third kappa shape index (κ3) is 2.42. The molecule has 0 aliphatic carbocycles. The van der Waals surface area contributed by atoms with Crippen molar-refractivity contribution in [3.05, 3.63) is 26.6 Å². The fraction of sp³-hybridized carbons (Fsp3) is 0.625. The van der Waals surface area contributed by atoms with Crippen LogP contribution in [0.4, 0.5) is 0 Å². The number of thiophene rings is 1. The Balaban J connectivity index is 2.18. The molecular formula is C16H23N3OS. The van der Waals surface area contributed by atoms with E-state index in [2.05, 4.69) is 25.8 Å². The number of rotatable bonds is 2. The number of hydrogen-bond donors (Lipinski definition) is 0. The maximum atomic E-state index is 13.0. The van der Waals surface area contributed by atoms with Crippen LogP contribution in [-0.4, -0.2) is 34.6 Å². The van der Waals surface area contributed by atoms with Gasteiger partial charge in [-0.3, -0.25) is 9.36 Å². The summed E-state index contributed by atoms with van der Waals surface area (Å²) in [7, 11) is 2.15. The minimum Gasteiger partial charge on any atom is -0.306 e. The van der Waals surface area contributed by atoms with E-state index in [0.29, 0.717) is 6.04 Å². The SMILES string of the molecule is CCc1nc2sc(C)c(C)c2c(=O)n1C1CCN(C)CC1. The van der Waals surface area contributed by atoms with E-state index in [1.54, 1.807) is 11.3 Å². The lowest BCUT2D eigenvalue weighted by molar-refractivity contribution is 0.216. The second kappa shape index (κ2) is 5.54. The van der Waals surface area contributed by atoms with Gasteiger partial charge in [0.1, 0.15) is 10.7 Å². The number of hydrogen-bond acceptors (Lipinski definition) is 4. The molecular weight excluding hydrogens is 282 g/mol. The van der Waals surface area contributed by atoms with Crippen molar-refractivity contribution < 1.29 is 0 Å². The minimum absolute atomic E-state index is 0.174. The highest BCUT2D eigenvalue weighted by Crippen LogP contribution is 2.28. The maximum absolute atomic E-state index is 13.0. The predicted molar refractivity (Wildman–Crippen MR) is 88.5 cm³/mol. The van der Waals surface area contributed by atoms with Gasteiger partial charge in [0.25, 0.3) is 5.56 Å². The number of piperidine rings is 1. The summed E-state index contributed by atoms with van der Waals surface area (Å²) < 4.78 is 1.99. The van der Waals surface area contributed by atoms with Crippen molar-refractivity contribution in [1.29, 1.82) is 0 Å². The molecule has 21 heavy (non-hydrogen) atoms. The quantitative estimate of drug-likeness (QED) is 0.856. The van der Waals surface area contributed by atoms with Gasteiger partial charge in [-0.15, -0.1) is 11.3 Å². The Morgan fingerprint density at radius 3 is 2.57 bits per heavy atom. The lowest BCUT2D eigenvalue weighted by Gasteiger charge is -2.31. The molecule has 0 amide bonds. The van der Waals surface area contributed by atoms with Gasteiger partial charge < -0.3 is 4.90 Å². The van der Waals surface area contributed by atoms with Crippen LogP contribution < -0.4 is 5.56 Å². The van der Waals surface area contributed by atoms with Crippen LogP contribution in [0, 0.1) is 13.8 Å². The molecule has 0 unspecified atom stereocenters. The Hall–Kier alpha value is -1.20. The van der Waals surface area contributed by atoms with Crippen LogP contribution in [0.15, 0.2) is 4.79 Å². The number of aromatic nitrogens is 2. The van der Waals surface area contributed by atoms with Gasteiger partial charge in [-0.1, -0.05) is 6.92 Å². The summed E-state index contributed by atoms with van der Waals surface area (Å²) in [6, 6.07) is 0.306. The van der Waals surface area contributed by atoms with E-state index in [1.807, 2.05) is 11.5 Å². The zero-order valence-corrected chi connectivity index (χ0v) is 14.1. The lowest BCUT2D eigenvalue weighted by Crippen LogP contribution is -2.37. The second-order valence-electron chi connectivity index (χ2n) is 6.05. The predicted octanol–water partition coefficient (Wildman–Crippen LogP) is 2.90. The topological polar surface area (TPSA) is 38.1 Å². The fourth-order valence-corrected chi connectivity index (χ4v) is 4.27. The van der Waals surface area contributed by atoms with Crippen LogP contribution in [-0.2, 0) is 6.42 Å². The molecule has 3 heterocycles. The molecule has 3 rings (SSSR count). The van der Waals surface area contributed by atoms with Crippen molar-refractivity contribution in [2.75, 3.05) is 20.1 Å². The smallest absolute Gasteiger partial charge is 0.262 e. The summed E-state index contributed by atoms with van der Waals surface area (Å²) in [5.74, 6) is 0.948. The fourth-order valence-electron chi connectivity index (χ4n) is 3.23. The van der Waals surface area contributed by atoms with E-state index in [0.717, 1.165) is 54.0 Å². The molecule has 2 aromatic heterocycles. The number of aryl methyl sites for hydroxylation is 3. The van der Waals surface area contributed by atoms with Crippen LogP contribution in [0.3, 0.4) is 0 Å². The Kier molecular flexibility index (Phi) is 3.88. The molecule has 2 aromatic rings. The van der Waals surface area contributed by atoms with Gasteiger partial charge in [0, 0.05) is 17.3 Å². The average molecular weight is 305 g/mol. The van der Waals surface area contributed by atoms with Gasteiger partial charge in [-0.2, -0.15) is 0 Å². The first-order valence-corrected chi connectivity index (χ1v) is 8.54. The average Bonchev–Trinajstić information content (AvgIpc) is 2.75. The number of nitrogens with zero attached hydrogens (tertiary/aromatic N) is 3. The Morgan fingerprint density at radius 1 is 1.29 bits per heavy atom. The molecule has 114 valence electrons. The van der Waals surface area contributed by atoms with Crippen molar-refractivity contribution in [3.8, 4) is 0 Å². The van der Waals surface area contributed by atoms with Gasteiger partial charge >= 0.3 is 0 Å². The molecule has 1 fully saturated rings. The lowest BCUT2D eigenvalue weighted by atomic mass is 10.0. The highest BCUT2D eigenvalue weighted by Gasteiger charge is 2.24. The first-order chi connectivity index (χ1) is 10.0. The van der Waals surface area contributed by atoms with Crippen LogP contribution in [0.5, 0.6) is 0 Å². The van der Waals surface area contributed by atoms with Crippen LogP contribution in [0.2, 0.25) is 0 Å². The van der Waals surface area contributed by atoms with Crippen LogP contribution in [0.25, 0.3) is 10.2 Å². The highest BCUT2D eigenvalue weighted by atomic mass is 32.1. The molecule has 0 bridgehead atoms. The van der Waals surface area contributed by atoms with Gasteiger partial charge in [0.05, 0.1) is 5.39 Å². The van der Waals surface area contributed by atoms with E-state index >= 15 is 0 Å². The normalized spacial score (nSPS) is 17.7. The summed E-state index contributed by atoms with van der Waals surface area (Å²) in [5.41, 5.74) is 1.28. The third-order valence-electron chi connectivity index (χ3n) is 4.68. The monoisotopic (exact) mass is 305 g/mol. The molecule has 0 spiro atoms. The van der Waals surface area contributed by atoms with Gasteiger partial charge in [-0.25, -0.2) is 4.98 Å². The van der Waals surface area contributed by atoms with Gasteiger partial charge in [0.2, 0.25) is 0 Å². The molecule has 4 nitrogen and oxygen atoms in total. The largest absolute Gasteiger partial charge is 0.306 e. The van der Waals surface area contributed by atoms with E-state index in [-0.39, 0.29) is 5.56 Å². The molecule has 0 N–H and O–H groups in total. The maximum Gasteiger partial charge on any atom is 0.262 e. The summed E-state index contributed by atoms with van der Waals surface area (Å²) >= 11 is 1.65. The van der Waals surface area contributed by atoms with Crippen molar-refractivity contribution in [2.45, 2.75) is 46.1 Å². The first-order valence-electron chi connectivity index (χ1n) is 7.72. The Labute approximate surface area is 129 Å². The molecule has 1 aliphatic heterocycles. The van der Waals surface area contributed by atoms with Crippen molar-refractivity contribution in [2.24, 2.45) is 0 Å². The van der Waals surface area contributed by atoms with Crippen molar-refractivity contribution in [3.63, 3.8) is 0 Å². The molecule has 0 saturated carbocycles.